The van der Waals surface area contributed by atoms with Crippen molar-refractivity contribution in [2.75, 3.05) is 19.6 Å². The lowest BCUT2D eigenvalue weighted by atomic mass is 9.89. The van der Waals surface area contributed by atoms with E-state index in [1.165, 1.54) is 32.4 Å². The normalized spacial score (nSPS) is 29.1. The molecule has 2 heterocycles. The van der Waals surface area contributed by atoms with E-state index < -0.39 is 0 Å². The van der Waals surface area contributed by atoms with Crippen LogP contribution in [-0.2, 0) is 6.54 Å². The van der Waals surface area contributed by atoms with Crippen LogP contribution in [0.25, 0.3) is 0 Å². The van der Waals surface area contributed by atoms with Crippen molar-refractivity contribution in [3.8, 4) is 0 Å². The molecule has 0 bridgehead atoms. The van der Waals surface area contributed by atoms with Gasteiger partial charge in [0.15, 0.2) is 0 Å². The number of nitrogens with one attached hydrogen (secondary N) is 1. The quantitative estimate of drug-likeness (QED) is 0.847. The molecule has 3 heteroatoms. The van der Waals surface area contributed by atoms with Gasteiger partial charge in [0.1, 0.15) is 5.76 Å². The third-order valence-electron chi connectivity index (χ3n) is 4.04. The topological polar surface area (TPSA) is 28.4 Å². The maximum atomic E-state index is 5.48. The van der Waals surface area contributed by atoms with Crippen molar-refractivity contribution in [2.45, 2.75) is 38.8 Å². The van der Waals surface area contributed by atoms with Crippen molar-refractivity contribution in [1.29, 1.82) is 0 Å². The summed E-state index contributed by atoms with van der Waals surface area (Å²) in [5.41, 5.74) is 0.454. The van der Waals surface area contributed by atoms with E-state index in [1.807, 2.05) is 6.07 Å². The number of nitrogens with zero attached hydrogens (tertiary/aromatic N) is 1. The van der Waals surface area contributed by atoms with Crippen LogP contribution >= 0.6 is 0 Å². The fraction of sp³-hybridized carbons (Fsp3) is 0.714. The first-order chi connectivity index (χ1) is 8.25. The highest BCUT2D eigenvalue weighted by Crippen LogP contribution is 2.34. The monoisotopic (exact) mass is 234 g/mol. The lowest BCUT2D eigenvalue weighted by Gasteiger charge is -2.31. The van der Waals surface area contributed by atoms with Crippen molar-refractivity contribution in [3.05, 3.63) is 24.2 Å². The Bertz CT molecular complexity index is 350. The predicted molar refractivity (Wildman–Crippen MR) is 67.7 cm³/mol. The van der Waals surface area contributed by atoms with E-state index in [2.05, 4.69) is 23.2 Å². The van der Waals surface area contributed by atoms with Gasteiger partial charge in [-0.2, -0.15) is 0 Å². The highest BCUT2D eigenvalue weighted by molar-refractivity contribution is 5.01. The van der Waals surface area contributed by atoms with Gasteiger partial charge in [-0.1, -0.05) is 6.92 Å². The van der Waals surface area contributed by atoms with Crippen molar-refractivity contribution in [2.24, 2.45) is 5.41 Å². The summed E-state index contributed by atoms with van der Waals surface area (Å²) >= 11 is 0. The van der Waals surface area contributed by atoms with Gasteiger partial charge in [0.2, 0.25) is 0 Å². The van der Waals surface area contributed by atoms with Gasteiger partial charge in [-0.15, -0.1) is 0 Å². The van der Waals surface area contributed by atoms with E-state index in [-0.39, 0.29) is 0 Å². The molecule has 1 unspecified atom stereocenters. The molecule has 1 saturated heterocycles. The molecule has 0 spiro atoms. The minimum atomic E-state index is 0.454. The first-order valence-electron chi connectivity index (χ1n) is 6.72. The molecule has 17 heavy (non-hydrogen) atoms. The van der Waals surface area contributed by atoms with E-state index in [0.717, 1.165) is 24.9 Å². The van der Waals surface area contributed by atoms with Crippen LogP contribution in [0, 0.1) is 5.41 Å². The Kier molecular flexibility index (Phi) is 2.97. The average Bonchev–Trinajstić information content (AvgIpc) is 2.88. The highest BCUT2D eigenvalue weighted by atomic mass is 16.3. The Morgan fingerprint density at radius 3 is 3.00 bits per heavy atom. The molecule has 1 aromatic heterocycles. The van der Waals surface area contributed by atoms with Gasteiger partial charge < -0.3 is 9.73 Å². The summed E-state index contributed by atoms with van der Waals surface area (Å²) in [5.74, 6) is 1.10. The lowest BCUT2D eigenvalue weighted by molar-refractivity contribution is 0.153. The lowest BCUT2D eigenvalue weighted by Crippen LogP contribution is -2.38. The van der Waals surface area contributed by atoms with Gasteiger partial charge >= 0.3 is 0 Å². The van der Waals surface area contributed by atoms with Crippen LogP contribution in [0.1, 0.15) is 31.9 Å². The van der Waals surface area contributed by atoms with Crippen molar-refractivity contribution in [1.82, 2.24) is 10.2 Å². The summed E-state index contributed by atoms with van der Waals surface area (Å²) < 4.78 is 5.48. The van der Waals surface area contributed by atoms with Gasteiger partial charge in [-0.25, -0.2) is 0 Å². The molecule has 0 radical (unpaired) electrons. The van der Waals surface area contributed by atoms with Crippen molar-refractivity contribution < 1.29 is 4.42 Å². The summed E-state index contributed by atoms with van der Waals surface area (Å²) in [5, 5.41) is 3.49. The molecule has 0 amide bonds. The van der Waals surface area contributed by atoms with Crippen molar-refractivity contribution in [3.63, 3.8) is 0 Å². The van der Waals surface area contributed by atoms with Crippen LogP contribution in [0.15, 0.2) is 22.8 Å². The third kappa shape index (κ3) is 2.72. The molecule has 1 saturated carbocycles. The average molecular weight is 234 g/mol. The summed E-state index contributed by atoms with van der Waals surface area (Å²) in [4.78, 5) is 2.62. The molecule has 1 aromatic rings. The molecule has 1 atom stereocenters. The SMILES string of the molecule is CC1(CN(Cc2ccco2)C2CC2)CCNC1. The summed E-state index contributed by atoms with van der Waals surface area (Å²) in [6.45, 7) is 6.92. The Labute approximate surface area is 103 Å². The molecule has 3 rings (SSSR count). The van der Waals surface area contributed by atoms with Crippen LogP contribution in [0.2, 0.25) is 0 Å². The van der Waals surface area contributed by atoms with Crippen molar-refractivity contribution >= 4 is 0 Å². The number of hydrogen-bond donors (Lipinski definition) is 1. The second kappa shape index (κ2) is 4.46. The van der Waals surface area contributed by atoms with Crippen LogP contribution in [0.4, 0.5) is 0 Å². The highest BCUT2D eigenvalue weighted by Gasteiger charge is 2.36. The Morgan fingerprint density at radius 2 is 2.41 bits per heavy atom. The Balaban J connectivity index is 1.64. The number of rotatable bonds is 5. The Hall–Kier alpha value is -0.800. The molecule has 1 N–H and O–H groups in total. The third-order valence-corrected chi connectivity index (χ3v) is 4.04. The smallest absolute Gasteiger partial charge is 0.117 e. The molecular weight excluding hydrogens is 212 g/mol. The van der Waals surface area contributed by atoms with E-state index in [9.17, 15) is 0 Å². The van der Waals surface area contributed by atoms with Gasteiger partial charge in [0, 0.05) is 19.1 Å². The van der Waals surface area contributed by atoms with Gasteiger partial charge in [0.25, 0.3) is 0 Å². The van der Waals surface area contributed by atoms with E-state index in [4.69, 9.17) is 4.42 Å². The number of hydrogen-bond acceptors (Lipinski definition) is 3. The van der Waals surface area contributed by atoms with Gasteiger partial charge in [-0.3, -0.25) is 4.90 Å². The maximum Gasteiger partial charge on any atom is 0.117 e. The van der Waals surface area contributed by atoms with Crippen LogP contribution < -0.4 is 5.32 Å². The minimum Gasteiger partial charge on any atom is -0.468 e. The first kappa shape index (κ1) is 11.3. The zero-order valence-corrected chi connectivity index (χ0v) is 10.6. The summed E-state index contributed by atoms with van der Waals surface area (Å²) in [7, 11) is 0. The first-order valence-corrected chi connectivity index (χ1v) is 6.72. The standard InChI is InChI=1S/C14H22N2O/c1-14(6-7-15-10-14)11-16(12-4-5-12)9-13-3-2-8-17-13/h2-3,8,12,15H,4-7,9-11H2,1H3. The summed E-state index contributed by atoms with van der Waals surface area (Å²) in [6.07, 6.45) is 5.81. The maximum absolute atomic E-state index is 5.48. The van der Waals surface area contributed by atoms with E-state index in [1.54, 1.807) is 6.26 Å². The molecule has 94 valence electrons. The minimum absolute atomic E-state index is 0.454. The Morgan fingerprint density at radius 1 is 1.53 bits per heavy atom. The van der Waals surface area contributed by atoms with Gasteiger partial charge in [0.05, 0.1) is 12.8 Å². The molecule has 2 fully saturated rings. The largest absolute Gasteiger partial charge is 0.468 e. The fourth-order valence-corrected chi connectivity index (χ4v) is 2.85. The molecule has 1 aliphatic carbocycles. The zero-order chi connectivity index (χ0) is 11.7. The zero-order valence-electron chi connectivity index (χ0n) is 10.6. The second-order valence-corrected chi connectivity index (χ2v) is 5.95. The second-order valence-electron chi connectivity index (χ2n) is 5.95. The summed E-state index contributed by atoms with van der Waals surface area (Å²) in [6, 6.07) is 4.88. The van der Waals surface area contributed by atoms with Crippen LogP contribution in [0.5, 0.6) is 0 Å². The number of furan rings is 1. The predicted octanol–water partition coefficient (Wildman–Crippen LogP) is 2.24. The van der Waals surface area contributed by atoms with Crippen LogP contribution in [-0.4, -0.2) is 30.6 Å². The molecule has 3 nitrogen and oxygen atoms in total. The fourth-order valence-electron chi connectivity index (χ4n) is 2.85. The molecular formula is C14H22N2O. The molecule has 1 aliphatic heterocycles. The van der Waals surface area contributed by atoms with E-state index in [0.29, 0.717) is 5.41 Å². The molecule has 2 aliphatic rings. The van der Waals surface area contributed by atoms with Gasteiger partial charge in [-0.05, 0) is 43.4 Å². The van der Waals surface area contributed by atoms with Crippen LogP contribution in [0.3, 0.4) is 0 Å². The molecule has 0 aromatic carbocycles. The van der Waals surface area contributed by atoms with E-state index >= 15 is 0 Å².